The molecule has 0 fully saturated rings. The summed E-state index contributed by atoms with van der Waals surface area (Å²) in [6.07, 6.45) is 0. The molecule has 0 aliphatic carbocycles. The van der Waals surface area contributed by atoms with Crippen LogP contribution in [0.25, 0.3) is 22.3 Å². The minimum atomic E-state index is -2.11. The van der Waals surface area contributed by atoms with Gasteiger partial charge in [-0.1, -0.05) is 81.4 Å². The van der Waals surface area contributed by atoms with Crippen LogP contribution in [0, 0.1) is 13.8 Å². The van der Waals surface area contributed by atoms with Gasteiger partial charge in [0.05, 0.1) is 0 Å². The number of hydrogen-bond acceptors (Lipinski definition) is 0. The average Bonchev–Trinajstić information content (AvgIpc) is 2.60. The first-order valence-electron chi connectivity index (χ1n) is 9.89. The van der Waals surface area contributed by atoms with Gasteiger partial charge < -0.3 is 0 Å². The van der Waals surface area contributed by atoms with Gasteiger partial charge in [0, 0.05) is 4.11 Å². The summed E-state index contributed by atoms with van der Waals surface area (Å²) in [7, 11) is 0. The Morgan fingerprint density at radius 3 is 2.12 bits per heavy atom. The van der Waals surface area contributed by atoms with E-state index in [1.54, 1.807) is 6.07 Å². The molecule has 0 saturated carbocycles. The molecule has 0 spiro atoms. The lowest BCUT2D eigenvalue weighted by molar-refractivity contribution is 0.590. The molecule has 0 nitrogen and oxygen atoms in total. The van der Waals surface area contributed by atoms with E-state index in [1.807, 2.05) is 37.3 Å². The molecule has 0 bridgehead atoms. The van der Waals surface area contributed by atoms with Gasteiger partial charge in [-0.3, -0.25) is 0 Å². The zero-order valence-electron chi connectivity index (χ0n) is 17.9. The first-order chi connectivity index (χ1) is 12.6. The van der Waals surface area contributed by atoms with Crippen molar-refractivity contribution >= 4 is 0 Å². The van der Waals surface area contributed by atoms with E-state index in [9.17, 15) is 0 Å². The SMILES string of the molecule is [2H]C([2H])([2H])c1cccc(-c2cc(-c3ccccc3)cc(C(C)(C)C)c2)c1C. The fourth-order valence-electron chi connectivity index (χ4n) is 2.96. The smallest absolute Gasteiger partial charge is 0.0280 e. The molecule has 0 heterocycles. The topological polar surface area (TPSA) is 0 Å². The van der Waals surface area contributed by atoms with E-state index in [4.69, 9.17) is 4.11 Å². The van der Waals surface area contributed by atoms with Crippen molar-refractivity contribution < 1.29 is 4.11 Å². The fourth-order valence-corrected chi connectivity index (χ4v) is 2.96. The van der Waals surface area contributed by atoms with E-state index in [0.717, 1.165) is 27.8 Å². The molecule has 0 aromatic heterocycles. The molecule has 0 aliphatic heterocycles. The van der Waals surface area contributed by atoms with E-state index in [-0.39, 0.29) is 5.41 Å². The lowest BCUT2D eigenvalue weighted by atomic mass is 9.82. The van der Waals surface area contributed by atoms with Gasteiger partial charge in [0.1, 0.15) is 0 Å². The molecule has 122 valence electrons. The maximum Gasteiger partial charge on any atom is 0.0280 e. The molecular weight excluding hydrogens is 288 g/mol. The van der Waals surface area contributed by atoms with Gasteiger partial charge in [0.25, 0.3) is 0 Å². The molecule has 3 aromatic carbocycles. The third kappa shape index (κ3) is 3.28. The lowest BCUT2D eigenvalue weighted by Gasteiger charge is -2.22. The third-order valence-corrected chi connectivity index (χ3v) is 4.55. The Bertz CT molecular complexity index is 946. The second-order valence-electron chi connectivity index (χ2n) is 7.39. The summed E-state index contributed by atoms with van der Waals surface area (Å²) in [5.41, 5.74) is 6.82. The van der Waals surface area contributed by atoms with E-state index in [1.165, 1.54) is 5.56 Å². The van der Waals surface area contributed by atoms with Crippen molar-refractivity contribution in [3.63, 3.8) is 0 Å². The first kappa shape index (κ1) is 13.0. The summed E-state index contributed by atoms with van der Waals surface area (Å²) in [6, 6.07) is 22.5. The van der Waals surface area contributed by atoms with Crippen LogP contribution >= 0.6 is 0 Å². The number of benzene rings is 3. The van der Waals surface area contributed by atoms with Crippen molar-refractivity contribution in [3.8, 4) is 22.3 Å². The summed E-state index contributed by atoms with van der Waals surface area (Å²) in [5, 5.41) is 0. The van der Waals surface area contributed by atoms with Crippen LogP contribution < -0.4 is 0 Å². The van der Waals surface area contributed by atoms with E-state index in [2.05, 4.69) is 51.1 Å². The largest absolute Gasteiger partial charge is 0.0622 e. The van der Waals surface area contributed by atoms with Crippen LogP contribution in [-0.4, -0.2) is 0 Å². The summed E-state index contributed by atoms with van der Waals surface area (Å²) in [6.45, 7) is 6.40. The van der Waals surface area contributed by atoms with E-state index in [0.29, 0.717) is 5.56 Å². The fraction of sp³-hybridized carbons (Fsp3) is 0.250. The molecule has 0 atom stereocenters. The van der Waals surface area contributed by atoms with E-state index < -0.39 is 6.85 Å². The number of hydrogen-bond donors (Lipinski definition) is 0. The van der Waals surface area contributed by atoms with Crippen LogP contribution in [-0.2, 0) is 5.41 Å². The maximum atomic E-state index is 7.82. The summed E-state index contributed by atoms with van der Waals surface area (Å²) in [4.78, 5) is 0. The molecule has 0 N–H and O–H groups in total. The monoisotopic (exact) mass is 317 g/mol. The molecule has 0 saturated heterocycles. The second-order valence-corrected chi connectivity index (χ2v) is 7.39. The summed E-state index contributed by atoms with van der Waals surface area (Å²) in [5.74, 6) is 0. The Hall–Kier alpha value is -2.34. The van der Waals surface area contributed by atoms with Crippen LogP contribution in [0.5, 0.6) is 0 Å². The van der Waals surface area contributed by atoms with Crippen LogP contribution in [0.15, 0.2) is 66.7 Å². The normalized spacial score (nSPS) is 13.9. The Morgan fingerprint density at radius 1 is 0.750 bits per heavy atom. The summed E-state index contributed by atoms with van der Waals surface area (Å²) < 4.78 is 23.5. The van der Waals surface area contributed by atoms with Gasteiger partial charge in [-0.25, -0.2) is 0 Å². The Labute approximate surface area is 150 Å². The average molecular weight is 317 g/mol. The van der Waals surface area contributed by atoms with Crippen molar-refractivity contribution in [2.24, 2.45) is 0 Å². The number of rotatable bonds is 2. The Kier molecular flexibility index (Phi) is 3.40. The van der Waals surface area contributed by atoms with Crippen molar-refractivity contribution in [1.29, 1.82) is 0 Å². The molecule has 0 radical (unpaired) electrons. The summed E-state index contributed by atoms with van der Waals surface area (Å²) >= 11 is 0. The van der Waals surface area contributed by atoms with E-state index >= 15 is 0 Å². The standard InChI is InChI=1S/C24H26/c1-17-10-9-13-23(18(17)2)21-14-20(19-11-7-6-8-12-19)15-22(16-21)24(3,4)5/h6-16H,1-5H3/i1D3. The maximum absolute atomic E-state index is 7.82. The zero-order chi connectivity index (χ0) is 19.8. The lowest BCUT2D eigenvalue weighted by Crippen LogP contribution is -2.11. The van der Waals surface area contributed by atoms with Gasteiger partial charge >= 0.3 is 0 Å². The van der Waals surface area contributed by atoms with Crippen molar-refractivity contribution in [3.05, 3.63) is 83.4 Å². The van der Waals surface area contributed by atoms with Gasteiger partial charge in [-0.05, 0) is 64.2 Å². The van der Waals surface area contributed by atoms with Crippen LogP contribution in [0.3, 0.4) is 0 Å². The first-order valence-corrected chi connectivity index (χ1v) is 8.39. The van der Waals surface area contributed by atoms with Crippen LogP contribution in [0.4, 0.5) is 0 Å². The predicted molar refractivity (Wildman–Crippen MR) is 105 cm³/mol. The van der Waals surface area contributed by atoms with Crippen LogP contribution in [0.2, 0.25) is 0 Å². The van der Waals surface area contributed by atoms with Crippen LogP contribution in [0.1, 0.15) is 41.6 Å². The zero-order valence-corrected chi connectivity index (χ0v) is 14.9. The molecule has 0 aliphatic rings. The highest BCUT2D eigenvalue weighted by atomic mass is 14.2. The van der Waals surface area contributed by atoms with Gasteiger partial charge in [0.15, 0.2) is 0 Å². The minimum absolute atomic E-state index is 0.00488. The molecule has 3 rings (SSSR count). The van der Waals surface area contributed by atoms with Gasteiger partial charge in [-0.15, -0.1) is 0 Å². The molecule has 0 unspecified atom stereocenters. The highest BCUT2D eigenvalue weighted by Gasteiger charge is 2.17. The molecule has 3 aromatic rings. The van der Waals surface area contributed by atoms with Crippen molar-refractivity contribution in [1.82, 2.24) is 0 Å². The second kappa shape index (κ2) is 6.28. The van der Waals surface area contributed by atoms with Gasteiger partial charge in [-0.2, -0.15) is 0 Å². The highest BCUT2D eigenvalue weighted by Crippen LogP contribution is 2.35. The quantitative estimate of drug-likeness (QED) is 0.480. The molecule has 0 heteroatoms. The molecule has 24 heavy (non-hydrogen) atoms. The molecule has 0 amide bonds. The molecular formula is C24H26. The predicted octanol–water partition coefficient (Wildman–Crippen LogP) is 6.93. The Morgan fingerprint density at radius 2 is 1.46 bits per heavy atom. The Balaban J connectivity index is 2.25. The van der Waals surface area contributed by atoms with Crippen molar-refractivity contribution in [2.45, 2.75) is 40.0 Å². The van der Waals surface area contributed by atoms with Gasteiger partial charge in [0.2, 0.25) is 0 Å². The number of aryl methyl sites for hydroxylation is 1. The minimum Gasteiger partial charge on any atom is -0.0622 e. The highest BCUT2D eigenvalue weighted by molar-refractivity contribution is 5.76. The third-order valence-electron chi connectivity index (χ3n) is 4.55. The van der Waals surface area contributed by atoms with Crippen molar-refractivity contribution in [2.75, 3.05) is 0 Å².